The molecule has 0 spiro atoms. The second-order valence-electron chi connectivity index (χ2n) is 5.86. The fraction of sp³-hybridized carbons (Fsp3) is 0.533. The summed E-state index contributed by atoms with van der Waals surface area (Å²) in [5.74, 6) is 0.0620. The highest BCUT2D eigenvalue weighted by molar-refractivity contribution is 7.89. The number of benzene rings is 1. The number of carbonyl (C=O) groups is 1. The van der Waals surface area contributed by atoms with E-state index in [1.807, 2.05) is 13.8 Å². The molecule has 1 aromatic carbocycles. The largest absolute Gasteiger partial charge is 0.326 e. The van der Waals surface area contributed by atoms with E-state index in [4.69, 9.17) is 0 Å². The summed E-state index contributed by atoms with van der Waals surface area (Å²) in [5.41, 5.74) is 1.34. The monoisotopic (exact) mass is 325 g/mol. The summed E-state index contributed by atoms with van der Waals surface area (Å²) in [6.07, 6.45) is 0.943. The average molecular weight is 325 g/mol. The van der Waals surface area contributed by atoms with Crippen molar-refractivity contribution in [3.05, 3.63) is 23.8 Å². The molecule has 0 aromatic heterocycles. The summed E-state index contributed by atoms with van der Waals surface area (Å²) >= 11 is 0. The Morgan fingerprint density at radius 1 is 1.36 bits per heavy atom. The highest BCUT2D eigenvalue weighted by Crippen LogP contribution is 2.21. The van der Waals surface area contributed by atoms with Gasteiger partial charge in [-0.05, 0) is 43.5 Å². The van der Waals surface area contributed by atoms with Crippen LogP contribution >= 0.6 is 0 Å². The van der Waals surface area contributed by atoms with Crippen molar-refractivity contribution in [2.75, 3.05) is 18.4 Å². The lowest BCUT2D eigenvalue weighted by Crippen LogP contribution is -2.50. The maximum absolute atomic E-state index is 12.5. The lowest BCUT2D eigenvalue weighted by atomic mass is 9.96. The van der Waals surface area contributed by atoms with E-state index >= 15 is 0 Å². The number of rotatable bonds is 4. The Morgan fingerprint density at radius 2 is 2.09 bits per heavy atom. The topological polar surface area (TPSA) is 87.3 Å². The first kappa shape index (κ1) is 16.9. The van der Waals surface area contributed by atoms with Crippen molar-refractivity contribution in [2.24, 2.45) is 5.92 Å². The number of piperidine rings is 1. The molecule has 22 heavy (non-hydrogen) atoms. The van der Waals surface area contributed by atoms with Crippen molar-refractivity contribution in [1.29, 1.82) is 0 Å². The van der Waals surface area contributed by atoms with Crippen LogP contribution in [0.2, 0.25) is 0 Å². The predicted molar refractivity (Wildman–Crippen MR) is 86.2 cm³/mol. The molecule has 1 aromatic rings. The van der Waals surface area contributed by atoms with Crippen molar-refractivity contribution in [1.82, 2.24) is 10.0 Å². The summed E-state index contributed by atoms with van der Waals surface area (Å²) in [6, 6.07) is 4.64. The third-order valence-electron chi connectivity index (χ3n) is 3.96. The number of amides is 1. The van der Waals surface area contributed by atoms with Crippen LogP contribution in [-0.2, 0) is 14.8 Å². The van der Waals surface area contributed by atoms with Gasteiger partial charge < -0.3 is 10.6 Å². The van der Waals surface area contributed by atoms with Crippen molar-refractivity contribution in [3.8, 4) is 0 Å². The molecular weight excluding hydrogens is 302 g/mol. The molecule has 0 radical (unpaired) electrons. The van der Waals surface area contributed by atoms with Crippen LogP contribution in [-0.4, -0.2) is 33.5 Å². The zero-order chi connectivity index (χ0) is 16.3. The molecule has 1 saturated heterocycles. The van der Waals surface area contributed by atoms with Crippen molar-refractivity contribution < 1.29 is 13.2 Å². The smallest absolute Gasteiger partial charge is 0.240 e. The van der Waals surface area contributed by atoms with E-state index in [-0.39, 0.29) is 22.8 Å². The highest BCUT2D eigenvalue weighted by atomic mass is 32.2. The molecule has 6 nitrogen and oxygen atoms in total. The summed E-state index contributed by atoms with van der Waals surface area (Å²) in [7, 11) is -3.61. The Morgan fingerprint density at radius 3 is 2.73 bits per heavy atom. The third-order valence-corrected chi connectivity index (χ3v) is 5.45. The quantitative estimate of drug-likeness (QED) is 0.777. The number of aryl methyl sites for hydroxylation is 1. The molecule has 7 heteroatoms. The van der Waals surface area contributed by atoms with E-state index in [2.05, 4.69) is 15.4 Å². The van der Waals surface area contributed by atoms with Crippen LogP contribution in [0.5, 0.6) is 0 Å². The van der Waals surface area contributed by atoms with Crippen molar-refractivity contribution >= 4 is 21.6 Å². The molecule has 0 bridgehead atoms. The van der Waals surface area contributed by atoms with E-state index < -0.39 is 10.0 Å². The van der Waals surface area contributed by atoms with Gasteiger partial charge in [0, 0.05) is 25.2 Å². The lowest BCUT2D eigenvalue weighted by molar-refractivity contribution is -0.114. The molecule has 1 aliphatic rings. The van der Waals surface area contributed by atoms with Crippen molar-refractivity contribution in [2.45, 2.75) is 38.1 Å². The molecule has 1 heterocycles. The van der Waals surface area contributed by atoms with Gasteiger partial charge >= 0.3 is 0 Å². The fourth-order valence-corrected chi connectivity index (χ4v) is 3.88. The van der Waals surface area contributed by atoms with Gasteiger partial charge in [0.05, 0.1) is 4.90 Å². The summed E-state index contributed by atoms with van der Waals surface area (Å²) in [6.45, 7) is 6.81. The third kappa shape index (κ3) is 4.06. The van der Waals surface area contributed by atoms with Crippen LogP contribution in [0.25, 0.3) is 0 Å². The van der Waals surface area contributed by atoms with Gasteiger partial charge in [-0.25, -0.2) is 13.1 Å². The van der Waals surface area contributed by atoms with Gasteiger partial charge in [0.25, 0.3) is 0 Å². The first-order valence-corrected chi connectivity index (χ1v) is 8.89. The summed E-state index contributed by atoms with van der Waals surface area (Å²) < 4.78 is 27.8. The summed E-state index contributed by atoms with van der Waals surface area (Å²) in [5, 5.41) is 5.86. The Balaban J connectivity index is 2.23. The van der Waals surface area contributed by atoms with E-state index in [9.17, 15) is 13.2 Å². The second kappa shape index (κ2) is 6.76. The number of nitrogens with one attached hydrogen (secondary N) is 3. The molecule has 2 rings (SSSR count). The van der Waals surface area contributed by atoms with Crippen LogP contribution in [0, 0.1) is 12.8 Å². The molecular formula is C15H23N3O3S. The first-order valence-electron chi connectivity index (χ1n) is 7.41. The predicted octanol–water partition coefficient (Wildman–Crippen LogP) is 1.23. The van der Waals surface area contributed by atoms with Crippen molar-refractivity contribution in [3.63, 3.8) is 0 Å². The van der Waals surface area contributed by atoms with E-state index in [0.29, 0.717) is 12.2 Å². The lowest BCUT2D eigenvalue weighted by Gasteiger charge is -2.30. The van der Waals surface area contributed by atoms with E-state index in [1.54, 1.807) is 12.1 Å². The molecule has 3 N–H and O–H groups in total. The zero-order valence-corrected chi connectivity index (χ0v) is 14.0. The number of anilines is 1. The number of carbonyl (C=O) groups excluding carboxylic acids is 1. The number of hydrogen-bond donors (Lipinski definition) is 3. The number of sulfonamides is 1. The molecule has 2 unspecified atom stereocenters. The van der Waals surface area contributed by atoms with E-state index in [0.717, 1.165) is 18.5 Å². The Bertz CT molecular complexity index is 658. The van der Waals surface area contributed by atoms with Gasteiger partial charge in [0.1, 0.15) is 0 Å². The Labute approximate surface area is 131 Å². The number of hydrogen-bond acceptors (Lipinski definition) is 4. The second-order valence-corrected chi connectivity index (χ2v) is 7.57. The zero-order valence-electron chi connectivity index (χ0n) is 13.1. The van der Waals surface area contributed by atoms with Gasteiger partial charge in [-0.3, -0.25) is 4.79 Å². The average Bonchev–Trinajstić information content (AvgIpc) is 2.43. The molecule has 2 atom stereocenters. The van der Waals surface area contributed by atoms with E-state index in [1.165, 1.54) is 13.0 Å². The van der Waals surface area contributed by atoms with Crippen LogP contribution in [0.4, 0.5) is 5.69 Å². The molecule has 1 fully saturated rings. The summed E-state index contributed by atoms with van der Waals surface area (Å²) in [4.78, 5) is 11.4. The van der Waals surface area contributed by atoms with Gasteiger partial charge in [0.15, 0.2) is 0 Å². The minimum absolute atomic E-state index is 0.121. The molecule has 1 amide bonds. The van der Waals surface area contributed by atoms with Gasteiger partial charge in [-0.15, -0.1) is 0 Å². The van der Waals surface area contributed by atoms with Crippen LogP contribution in [0.15, 0.2) is 23.1 Å². The van der Waals surface area contributed by atoms with Crippen LogP contribution in [0.3, 0.4) is 0 Å². The Hall–Kier alpha value is -1.44. The highest BCUT2D eigenvalue weighted by Gasteiger charge is 2.27. The van der Waals surface area contributed by atoms with Gasteiger partial charge in [-0.1, -0.05) is 13.0 Å². The van der Waals surface area contributed by atoms with Crippen LogP contribution in [0.1, 0.15) is 25.8 Å². The molecule has 122 valence electrons. The first-order chi connectivity index (χ1) is 10.3. The van der Waals surface area contributed by atoms with Gasteiger partial charge in [0.2, 0.25) is 15.9 Å². The maximum Gasteiger partial charge on any atom is 0.240 e. The van der Waals surface area contributed by atoms with Gasteiger partial charge in [-0.2, -0.15) is 0 Å². The maximum atomic E-state index is 12.5. The Kier molecular flexibility index (Phi) is 5.20. The molecule has 0 aliphatic carbocycles. The molecule has 0 saturated carbocycles. The van der Waals surface area contributed by atoms with Crippen LogP contribution < -0.4 is 15.4 Å². The fourth-order valence-electron chi connectivity index (χ4n) is 2.51. The minimum atomic E-state index is -3.61. The SMILES string of the molecule is CC(=O)Nc1cc(S(=O)(=O)NC2CNCCC2C)ccc1C. The minimum Gasteiger partial charge on any atom is -0.326 e. The standard InChI is InChI=1S/C15H23N3O3S/c1-10-4-5-13(8-14(10)17-12(3)19)22(20,21)18-15-9-16-7-6-11(15)2/h4-5,8,11,15-16,18H,6-7,9H2,1-3H3,(H,17,19). The normalized spacial score (nSPS) is 22.3. The molecule has 1 aliphatic heterocycles.